The normalized spacial score (nSPS) is 20.3. The Labute approximate surface area is 123 Å². The topological polar surface area (TPSA) is 41.3 Å². The van der Waals surface area contributed by atoms with E-state index in [9.17, 15) is 5.11 Å². The van der Waals surface area contributed by atoms with E-state index >= 15 is 0 Å². The van der Waals surface area contributed by atoms with Crippen molar-refractivity contribution in [3.8, 4) is 0 Å². The first-order chi connectivity index (χ1) is 8.94. The zero-order chi connectivity index (χ0) is 14.0. The largest absolute Gasteiger partial charge is 0.385 e. The number of rotatable bonds is 3. The van der Waals surface area contributed by atoms with Crippen LogP contribution < -0.4 is 0 Å². The summed E-state index contributed by atoms with van der Waals surface area (Å²) in [5, 5.41) is 15.0. The number of aliphatic hydroxyl groups is 1. The molecule has 1 aromatic rings. The summed E-state index contributed by atoms with van der Waals surface area (Å²) in [5.41, 5.74) is 0.579. The van der Waals surface area contributed by atoms with Crippen molar-refractivity contribution in [2.75, 3.05) is 13.1 Å². The van der Waals surface area contributed by atoms with Gasteiger partial charge >= 0.3 is 0 Å². The van der Waals surface area contributed by atoms with Gasteiger partial charge in [0, 0.05) is 12.6 Å². The predicted octanol–water partition coefficient (Wildman–Crippen LogP) is 2.87. The van der Waals surface area contributed by atoms with E-state index in [0.29, 0.717) is 0 Å². The lowest BCUT2D eigenvalue weighted by atomic mass is 9.92. The number of likely N-dealkylation sites (tertiary alicyclic amines) is 1. The molecule has 1 unspecified atom stereocenters. The van der Waals surface area contributed by atoms with Crippen molar-refractivity contribution in [3.05, 3.63) is 16.4 Å². The molecule has 2 heterocycles. The number of hydrogen-bond donors (Lipinski definition) is 1. The van der Waals surface area contributed by atoms with Crippen LogP contribution in [0.1, 0.15) is 51.3 Å². The van der Waals surface area contributed by atoms with Gasteiger partial charge in [0.2, 0.25) is 0 Å². The van der Waals surface area contributed by atoms with Crippen LogP contribution in [0.15, 0.2) is 10.7 Å². The maximum absolute atomic E-state index is 10.8. The molecule has 1 aliphatic heterocycles. The van der Waals surface area contributed by atoms with E-state index in [-0.39, 0.29) is 5.54 Å². The van der Waals surface area contributed by atoms with E-state index in [2.05, 4.69) is 39.8 Å². The predicted molar refractivity (Wildman–Crippen MR) is 80.0 cm³/mol. The fraction of sp³-hybridized carbons (Fsp3) is 0.786. The van der Waals surface area contributed by atoms with Gasteiger partial charge in [-0.3, -0.25) is 9.58 Å². The van der Waals surface area contributed by atoms with Gasteiger partial charge in [0.1, 0.15) is 6.10 Å². The van der Waals surface area contributed by atoms with E-state index in [1.807, 2.05) is 7.05 Å². The number of nitrogens with zero attached hydrogens (tertiary/aromatic N) is 3. The molecular formula is C14H24BrN3O. The van der Waals surface area contributed by atoms with Crippen LogP contribution in [0.25, 0.3) is 0 Å². The molecule has 108 valence electrons. The highest BCUT2D eigenvalue weighted by Crippen LogP contribution is 2.35. The fourth-order valence-electron chi connectivity index (χ4n) is 2.88. The van der Waals surface area contributed by atoms with Gasteiger partial charge in [-0.2, -0.15) is 5.10 Å². The molecule has 4 nitrogen and oxygen atoms in total. The van der Waals surface area contributed by atoms with Crippen LogP contribution in [0, 0.1) is 0 Å². The molecule has 1 fully saturated rings. The highest BCUT2D eigenvalue weighted by atomic mass is 79.9. The second-order valence-corrected chi connectivity index (χ2v) is 6.81. The van der Waals surface area contributed by atoms with Crippen LogP contribution in [0.3, 0.4) is 0 Å². The van der Waals surface area contributed by atoms with E-state index in [0.717, 1.165) is 23.3 Å². The molecular weight excluding hydrogens is 306 g/mol. The Hall–Kier alpha value is -0.390. The van der Waals surface area contributed by atoms with Gasteiger partial charge in [-0.1, -0.05) is 12.8 Å². The molecule has 1 N–H and O–H groups in total. The van der Waals surface area contributed by atoms with Crippen molar-refractivity contribution in [2.24, 2.45) is 7.05 Å². The Kier molecular flexibility index (Phi) is 4.69. The number of hydrogen-bond acceptors (Lipinski definition) is 3. The summed E-state index contributed by atoms with van der Waals surface area (Å²) in [6.07, 6.45) is 6.26. The second-order valence-electron chi connectivity index (χ2n) is 5.96. The Bertz CT molecular complexity index is 403. The molecule has 0 radical (unpaired) electrons. The van der Waals surface area contributed by atoms with Gasteiger partial charge in [0.05, 0.1) is 16.4 Å². The molecule has 2 rings (SSSR count). The summed E-state index contributed by atoms with van der Waals surface area (Å²) >= 11 is 3.49. The monoisotopic (exact) mass is 329 g/mol. The number of aryl methyl sites for hydroxylation is 1. The smallest absolute Gasteiger partial charge is 0.114 e. The molecule has 0 saturated carbocycles. The quantitative estimate of drug-likeness (QED) is 0.927. The average Bonchev–Trinajstić information content (AvgIpc) is 2.61. The molecule has 1 atom stereocenters. The standard InChI is InChI=1S/C14H24BrN3O/c1-14(2,18-8-6-4-5-7-9-18)13(19)12-11(15)10-16-17(12)3/h10,13,19H,4-9H2,1-3H3. The molecule has 0 aromatic carbocycles. The molecule has 0 aliphatic carbocycles. The summed E-state index contributed by atoms with van der Waals surface area (Å²) in [6, 6.07) is 0. The zero-order valence-corrected chi connectivity index (χ0v) is 13.7. The van der Waals surface area contributed by atoms with Gasteiger partial charge in [0.25, 0.3) is 0 Å². The molecule has 19 heavy (non-hydrogen) atoms. The van der Waals surface area contributed by atoms with Crippen molar-refractivity contribution in [2.45, 2.75) is 51.2 Å². The SMILES string of the molecule is Cn1ncc(Br)c1C(O)C(C)(C)N1CCCCCC1. The molecule has 0 amide bonds. The van der Waals surface area contributed by atoms with Crippen LogP contribution in [0.5, 0.6) is 0 Å². The van der Waals surface area contributed by atoms with Crippen LogP contribution in [0.4, 0.5) is 0 Å². The highest BCUT2D eigenvalue weighted by Gasteiger charge is 2.37. The van der Waals surface area contributed by atoms with Crippen molar-refractivity contribution in [3.63, 3.8) is 0 Å². The first-order valence-electron chi connectivity index (χ1n) is 7.05. The van der Waals surface area contributed by atoms with E-state index in [1.165, 1.54) is 25.7 Å². The summed E-state index contributed by atoms with van der Waals surface area (Å²) in [7, 11) is 1.88. The second kappa shape index (κ2) is 5.94. The third-order valence-electron chi connectivity index (χ3n) is 4.29. The maximum Gasteiger partial charge on any atom is 0.114 e. The summed E-state index contributed by atoms with van der Waals surface area (Å²) in [5.74, 6) is 0. The molecule has 5 heteroatoms. The molecule has 0 bridgehead atoms. The van der Waals surface area contributed by atoms with Crippen LogP contribution in [-0.2, 0) is 7.05 Å². The first kappa shape index (κ1) is 15.0. The zero-order valence-electron chi connectivity index (χ0n) is 12.1. The fourth-order valence-corrected chi connectivity index (χ4v) is 3.45. The van der Waals surface area contributed by atoms with Crippen LogP contribution in [0.2, 0.25) is 0 Å². The van der Waals surface area contributed by atoms with Gasteiger partial charge in [-0.15, -0.1) is 0 Å². The lowest BCUT2D eigenvalue weighted by Crippen LogP contribution is -2.49. The average molecular weight is 330 g/mol. The molecule has 0 spiro atoms. The van der Waals surface area contributed by atoms with E-state index < -0.39 is 6.10 Å². The van der Waals surface area contributed by atoms with Crippen molar-refractivity contribution >= 4 is 15.9 Å². The van der Waals surface area contributed by atoms with E-state index in [1.54, 1.807) is 10.9 Å². The van der Waals surface area contributed by atoms with Gasteiger partial charge in [0.15, 0.2) is 0 Å². The van der Waals surface area contributed by atoms with Gasteiger partial charge in [-0.05, 0) is 55.7 Å². The summed E-state index contributed by atoms with van der Waals surface area (Å²) < 4.78 is 2.64. The van der Waals surface area contributed by atoms with Crippen molar-refractivity contribution in [1.29, 1.82) is 0 Å². The minimum Gasteiger partial charge on any atom is -0.385 e. The Morgan fingerprint density at radius 2 is 1.84 bits per heavy atom. The lowest BCUT2D eigenvalue weighted by molar-refractivity contribution is -0.0146. The Balaban J connectivity index is 2.22. The Morgan fingerprint density at radius 1 is 1.26 bits per heavy atom. The number of aromatic nitrogens is 2. The highest BCUT2D eigenvalue weighted by molar-refractivity contribution is 9.10. The van der Waals surface area contributed by atoms with Crippen LogP contribution in [-0.4, -0.2) is 38.4 Å². The summed E-state index contributed by atoms with van der Waals surface area (Å²) in [6.45, 7) is 6.39. The van der Waals surface area contributed by atoms with Crippen LogP contribution >= 0.6 is 15.9 Å². The molecule has 1 aromatic heterocycles. The third-order valence-corrected chi connectivity index (χ3v) is 4.90. The number of aliphatic hydroxyl groups excluding tert-OH is 1. The number of halogens is 1. The summed E-state index contributed by atoms with van der Waals surface area (Å²) in [4.78, 5) is 2.42. The minimum atomic E-state index is -0.549. The van der Waals surface area contributed by atoms with Gasteiger partial charge < -0.3 is 5.11 Å². The lowest BCUT2D eigenvalue weighted by Gasteiger charge is -2.41. The molecule has 1 saturated heterocycles. The van der Waals surface area contributed by atoms with E-state index in [4.69, 9.17) is 0 Å². The molecule has 1 aliphatic rings. The minimum absolute atomic E-state index is 0.277. The third kappa shape index (κ3) is 3.03. The van der Waals surface area contributed by atoms with Gasteiger partial charge in [-0.25, -0.2) is 0 Å². The maximum atomic E-state index is 10.8. The first-order valence-corrected chi connectivity index (χ1v) is 7.84. The van der Waals surface area contributed by atoms with Crippen molar-refractivity contribution in [1.82, 2.24) is 14.7 Å². The Morgan fingerprint density at radius 3 is 2.32 bits per heavy atom. The van der Waals surface area contributed by atoms with Crippen molar-refractivity contribution < 1.29 is 5.11 Å².